The van der Waals surface area contributed by atoms with E-state index in [2.05, 4.69) is 66.1 Å². The number of thiazole rings is 1. The second kappa shape index (κ2) is 14.0. The normalized spacial score (nSPS) is 14.3. The average Bonchev–Trinajstić information content (AvgIpc) is 3.66. The number of ether oxygens (including phenoxy) is 2. The summed E-state index contributed by atoms with van der Waals surface area (Å²) in [6.45, 7) is 8.32. The van der Waals surface area contributed by atoms with E-state index in [0.29, 0.717) is 33.0 Å². The van der Waals surface area contributed by atoms with E-state index in [0.717, 1.165) is 39.3 Å². The first-order valence-corrected chi connectivity index (χ1v) is 17.6. The highest BCUT2D eigenvalue weighted by atomic mass is 32.1. The highest BCUT2D eigenvalue weighted by Crippen LogP contribution is 2.37. The Hall–Kier alpha value is -5.73. The smallest absolute Gasteiger partial charge is 0.338 e. The molecule has 0 unspecified atom stereocenters. The Balaban J connectivity index is 1.48. The van der Waals surface area contributed by atoms with Gasteiger partial charge in [-0.05, 0) is 80.8 Å². The molecule has 4 aromatic carbocycles. The van der Waals surface area contributed by atoms with E-state index in [1.54, 1.807) is 18.4 Å². The van der Waals surface area contributed by atoms with Crippen molar-refractivity contribution in [2.24, 2.45) is 4.99 Å². The number of hydrogen-bond acceptors (Lipinski definition) is 6. The highest BCUT2D eigenvalue weighted by molar-refractivity contribution is 7.07. The van der Waals surface area contributed by atoms with Crippen molar-refractivity contribution in [3.05, 3.63) is 163 Å². The molecular formula is C42H37N3O4S. The zero-order valence-electron chi connectivity index (χ0n) is 28.4. The number of fused-ring (bicyclic) bond motifs is 1. The number of aromatic nitrogens is 2. The molecule has 2 aromatic heterocycles. The van der Waals surface area contributed by atoms with Gasteiger partial charge in [-0.1, -0.05) is 102 Å². The van der Waals surface area contributed by atoms with Crippen LogP contribution < -0.4 is 19.6 Å². The summed E-state index contributed by atoms with van der Waals surface area (Å²) in [5, 5.41) is 0. The van der Waals surface area contributed by atoms with Crippen molar-refractivity contribution in [3.63, 3.8) is 0 Å². The number of esters is 1. The first-order valence-electron chi connectivity index (χ1n) is 16.7. The number of aryl methyl sites for hydroxylation is 1. The summed E-state index contributed by atoms with van der Waals surface area (Å²) in [6, 6.07) is 37.9. The number of hydrogen-bond donors (Lipinski definition) is 0. The van der Waals surface area contributed by atoms with Crippen LogP contribution in [0, 0.1) is 6.92 Å². The van der Waals surface area contributed by atoms with Crippen molar-refractivity contribution in [2.75, 3.05) is 13.2 Å². The molecule has 1 atom stereocenters. The third kappa shape index (κ3) is 6.14. The van der Waals surface area contributed by atoms with Gasteiger partial charge in [0.15, 0.2) is 4.80 Å². The molecule has 1 aliphatic rings. The SMILES string of the molecule is CCOC(=O)C1=C(C)N=c2s/c(=C\c3cc(-c4ccccc4)n(-c4ccc(C)cc4)c3-c3ccccc3)c(=O)n2[C@@H]1c1ccc(OCC)cc1. The van der Waals surface area contributed by atoms with Crippen molar-refractivity contribution in [3.8, 4) is 34.0 Å². The van der Waals surface area contributed by atoms with Gasteiger partial charge in [-0.3, -0.25) is 9.36 Å². The molecule has 7 nitrogen and oxygen atoms in total. The third-order valence-corrected chi connectivity index (χ3v) is 9.73. The van der Waals surface area contributed by atoms with Crippen molar-refractivity contribution in [1.82, 2.24) is 9.13 Å². The van der Waals surface area contributed by atoms with E-state index in [1.807, 2.05) is 73.7 Å². The maximum absolute atomic E-state index is 14.6. The fraction of sp³-hybridized carbons (Fsp3) is 0.167. The van der Waals surface area contributed by atoms with Crippen LogP contribution in [0.1, 0.15) is 43.5 Å². The van der Waals surface area contributed by atoms with Crippen molar-refractivity contribution in [2.45, 2.75) is 33.7 Å². The number of carbonyl (C=O) groups excluding carboxylic acids is 1. The minimum Gasteiger partial charge on any atom is -0.494 e. The third-order valence-electron chi connectivity index (χ3n) is 8.75. The minimum atomic E-state index is -0.714. The van der Waals surface area contributed by atoms with E-state index in [9.17, 15) is 9.59 Å². The zero-order valence-corrected chi connectivity index (χ0v) is 29.2. The lowest BCUT2D eigenvalue weighted by atomic mass is 9.96. The van der Waals surface area contributed by atoms with Crippen LogP contribution in [0.3, 0.4) is 0 Å². The zero-order chi connectivity index (χ0) is 34.8. The van der Waals surface area contributed by atoms with Gasteiger partial charge >= 0.3 is 5.97 Å². The summed E-state index contributed by atoms with van der Waals surface area (Å²) in [5.41, 5.74) is 8.51. The number of carbonyl (C=O) groups is 1. The predicted molar refractivity (Wildman–Crippen MR) is 199 cm³/mol. The minimum absolute atomic E-state index is 0.208. The monoisotopic (exact) mass is 679 g/mol. The molecule has 0 N–H and O–H groups in total. The highest BCUT2D eigenvalue weighted by Gasteiger charge is 2.33. The van der Waals surface area contributed by atoms with Gasteiger partial charge in [-0.2, -0.15) is 0 Å². The van der Waals surface area contributed by atoms with Crippen molar-refractivity contribution in [1.29, 1.82) is 0 Å². The van der Waals surface area contributed by atoms with E-state index in [1.165, 1.54) is 16.9 Å². The van der Waals surface area contributed by atoms with Crippen LogP contribution in [0.15, 0.2) is 136 Å². The number of rotatable bonds is 9. The molecule has 0 aliphatic carbocycles. The van der Waals surface area contributed by atoms with E-state index >= 15 is 0 Å². The molecule has 50 heavy (non-hydrogen) atoms. The lowest BCUT2D eigenvalue weighted by Gasteiger charge is -2.24. The Kier molecular flexibility index (Phi) is 9.19. The molecule has 3 heterocycles. The first kappa shape index (κ1) is 32.8. The fourth-order valence-corrected chi connectivity index (χ4v) is 7.51. The van der Waals surface area contributed by atoms with Gasteiger partial charge in [0, 0.05) is 11.3 Å². The molecule has 0 fully saturated rings. The summed E-state index contributed by atoms with van der Waals surface area (Å²) >= 11 is 1.32. The van der Waals surface area contributed by atoms with E-state index < -0.39 is 12.0 Å². The molecule has 0 amide bonds. The number of allylic oxidation sites excluding steroid dienone is 1. The molecule has 1 aliphatic heterocycles. The Morgan fingerprint density at radius 2 is 1.50 bits per heavy atom. The molecule has 0 saturated heterocycles. The molecular weight excluding hydrogens is 643 g/mol. The van der Waals surface area contributed by atoms with Crippen LogP contribution in [0.5, 0.6) is 5.75 Å². The second-order valence-corrected chi connectivity index (χ2v) is 13.0. The molecule has 0 radical (unpaired) electrons. The molecule has 0 bridgehead atoms. The summed E-state index contributed by atoms with van der Waals surface area (Å²) in [6.07, 6.45) is 1.96. The Morgan fingerprint density at radius 3 is 2.14 bits per heavy atom. The molecule has 0 spiro atoms. The van der Waals surface area contributed by atoms with E-state index in [-0.39, 0.29) is 12.2 Å². The van der Waals surface area contributed by atoms with Crippen molar-refractivity contribution < 1.29 is 14.3 Å². The van der Waals surface area contributed by atoms with Crippen LogP contribution >= 0.6 is 11.3 Å². The molecule has 7 rings (SSSR count). The van der Waals surface area contributed by atoms with Crippen LogP contribution in [-0.2, 0) is 9.53 Å². The van der Waals surface area contributed by atoms with E-state index in [4.69, 9.17) is 14.5 Å². The molecule has 6 aromatic rings. The summed E-state index contributed by atoms with van der Waals surface area (Å²) < 4.78 is 15.6. The van der Waals surface area contributed by atoms with Gasteiger partial charge in [-0.15, -0.1) is 0 Å². The average molecular weight is 680 g/mol. The maximum Gasteiger partial charge on any atom is 0.338 e. The van der Waals surface area contributed by atoms with Crippen LogP contribution in [-0.4, -0.2) is 28.3 Å². The maximum atomic E-state index is 14.6. The topological polar surface area (TPSA) is 74.8 Å². The van der Waals surface area contributed by atoms with Gasteiger partial charge in [0.1, 0.15) is 5.75 Å². The Morgan fingerprint density at radius 1 is 0.840 bits per heavy atom. The van der Waals surface area contributed by atoms with Gasteiger partial charge in [0.2, 0.25) is 0 Å². The van der Waals surface area contributed by atoms with Gasteiger partial charge in [0.25, 0.3) is 5.56 Å². The molecule has 0 saturated carbocycles. The first-order chi connectivity index (χ1) is 24.4. The summed E-state index contributed by atoms with van der Waals surface area (Å²) in [7, 11) is 0. The second-order valence-electron chi connectivity index (χ2n) is 12.0. The lowest BCUT2D eigenvalue weighted by Crippen LogP contribution is -2.39. The largest absolute Gasteiger partial charge is 0.494 e. The van der Waals surface area contributed by atoms with Crippen LogP contribution in [0.4, 0.5) is 0 Å². The molecule has 250 valence electrons. The lowest BCUT2D eigenvalue weighted by molar-refractivity contribution is -0.139. The number of nitrogens with zero attached hydrogens (tertiary/aromatic N) is 3. The Bertz CT molecular complexity index is 2390. The fourth-order valence-electron chi connectivity index (χ4n) is 6.48. The van der Waals surface area contributed by atoms with Gasteiger partial charge < -0.3 is 14.0 Å². The van der Waals surface area contributed by atoms with Gasteiger partial charge in [0.05, 0.1) is 46.4 Å². The predicted octanol–water partition coefficient (Wildman–Crippen LogP) is 7.63. The standard InChI is InChI=1S/C42H37N3O4S/c1-5-48-34-23-19-31(20-24-34)39-37(41(47)49-6-2)28(4)43-42-45(39)40(46)36(50-42)26-32-25-35(29-13-9-7-10-14-29)44(33-21-17-27(3)18-22-33)38(32)30-15-11-8-12-16-30/h7-26,39H,5-6H2,1-4H3/b36-26-/t39-/m1/s1. The Labute approximate surface area is 294 Å². The van der Waals surface area contributed by atoms with Gasteiger partial charge in [-0.25, -0.2) is 9.79 Å². The summed E-state index contributed by atoms with van der Waals surface area (Å²) in [5.74, 6) is 0.221. The van der Waals surface area contributed by atoms with Crippen LogP contribution in [0.25, 0.3) is 34.3 Å². The summed E-state index contributed by atoms with van der Waals surface area (Å²) in [4.78, 5) is 33.3. The quantitative estimate of drug-likeness (QED) is 0.147. The number of benzene rings is 4. The van der Waals surface area contributed by atoms with Crippen LogP contribution in [0.2, 0.25) is 0 Å². The van der Waals surface area contributed by atoms with Crippen molar-refractivity contribution >= 4 is 23.4 Å². The molecule has 8 heteroatoms.